The highest BCUT2D eigenvalue weighted by molar-refractivity contribution is 5.92. The molecule has 0 saturated carbocycles. The van der Waals surface area contributed by atoms with Crippen LogP contribution in [0, 0.1) is 0 Å². The highest BCUT2D eigenvalue weighted by atomic mass is 19.3. The number of esters is 1. The Kier molecular flexibility index (Phi) is 2.04. The molecule has 0 unspecified atom stereocenters. The molecule has 1 aromatic carbocycles. The Balaban J connectivity index is 2.60. The molecule has 4 heteroatoms. The maximum atomic E-state index is 12.4. The van der Waals surface area contributed by atoms with Gasteiger partial charge in [0.25, 0.3) is 6.08 Å². The van der Waals surface area contributed by atoms with Crippen molar-refractivity contribution in [2.75, 3.05) is 0 Å². The lowest BCUT2D eigenvalue weighted by Gasteiger charge is -2.16. The molecule has 1 heterocycles. The Labute approximate surface area is 78.8 Å². The van der Waals surface area contributed by atoms with E-state index in [1.165, 1.54) is 12.1 Å². The fourth-order valence-electron chi connectivity index (χ4n) is 1.37. The smallest absolute Gasteiger partial charge is 0.315 e. The van der Waals surface area contributed by atoms with Crippen LogP contribution in [0.3, 0.4) is 0 Å². The third-order valence-electron chi connectivity index (χ3n) is 1.99. The van der Waals surface area contributed by atoms with Gasteiger partial charge in [0.2, 0.25) is 0 Å². The van der Waals surface area contributed by atoms with Crippen molar-refractivity contribution in [3.8, 4) is 5.75 Å². The summed E-state index contributed by atoms with van der Waals surface area (Å²) >= 11 is 0. The predicted molar refractivity (Wildman–Crippen MR) is 45.8 cm³/mol. The lowest BCUT2D eigenvalue weighted by molar-refractivity contribution is -0.133. The maximum Gasteiger partial charge on any atom is 0.315 e. The third-order valence-corrected chi connectivity index (χ3v) is 1.99. The first-order valence-electron chi connectivity index (χ1n) is 4.02. The SMILES string of the molecule is O=C1CC(=C(F)F)c2ccccc2O1. The molecule has 0 aliphatic carbocycles. The summed E-state index contributed by atoms with van der Waals surface area (Å²) in [5, 5.41) is 0. The van der Waals surface area contributed by atoms with Crippen LogP contribution in [-0.4, -0.2) is 5.97 Å². The zero-order valence-corrected chi connectivity index (χ0v) is 7.09. The molecule has 0 atom stereocenters. The number of carbonyl (C=O) groups excluding carboxylic acids is 1. The molecule has 2 nitrogen and oxygen atoms in total. The second-order valence-electron chi connectivity index (χ2n) is 2.89. The normalized spacial score (nSPS) is 14.7. The highest BCUT2D eigenvalue weighted by Gasteiger charge is 2.24. The predicted octanol–water partition coefficient (Wildman–Crippen LogP) is 2.60. The maximum absolute atomic E-state index is 12.4. The van der Waals surface area contributed by atoms with E-state index in [1.807, 2.05) is 0 Å². The average molecular weight is 196 g/mol. The monoisotopic (exact) mass is 196 g/mol. The minimum Gasteiger partial charge on any atom is -0.426 e. The van der Waals surface area contributed by atoms with E-state index in [1.54, 1.807) is 12.1 Å². The minimum atomic E-state index is -1.82. The van der Waals surface area contributed by atoms with E-state index < -0.39 is 12.0 Å². The molecule has 72 valence electrons. The number of carbonyl (C=O) groups is 1. The molecule has 0 N–H and O–H groups in total. The standard InChI is InChI=1S/C10H6F2O2/c11-10(12)7-5-9(13)14-8-4-2-1-3-6(7)8/h1-4H,5H2. The van der Waals surface area contributed by atoms with E-state index in [0.29, 0.717) is 5.56 Å². The zero-order valence-electron chi connectivity index (χ0n) is 7.09. The molecule has 1 aliphatic heterocycles. The summed E-state index contributed by atoms with van der Waals surface area (Å²) in [5.74, 6) is -0.446. The Morgan fingerprint density at radius 3 is 2.71 bits per heavy atom. The Morgan fingerprint density at radius 1 is 1.29 bits per heavy atom. The molecular weight excluding hydrogens is 190 g/mol. The van der Waals surface area contributed by atoms with Crippen molar-refractivity contribution >= 4 is 11.5 Å². The van der Waals surface area contributed by atoms with E-state index in [0.717, 1.165) is 0 Å². The van der Waals surface area contributed by atoms with E-state index in [4.69, 9.17) is 4.74 Å². The Bertz CT molecular complexity index is 420. The van der Waals surface area contributed by atoms with Crippen LogP contribution < -0.4 is 4.74 Å². The summed E-state index contributed by atoms with van der Waals surface area (Å²) < 4.78 is 29.7. The first-order valence-corrected chi connectivity index (χ1v) is 4.02. The number of ether oxygens (including phenoxy) is 1. The first kappa shape index (κ1) is 8.87. The van der Waals surface area contributed by atoms with Crippen molar-refractivity contribution in [2.24, 2.45) is 0 Å². The fourth-order valence-corrected chi connectivity index (χ4v) is 1.37. The number of hydrogen-bond acceptors (Lipinski definition) is 2. The van der Waals surface area contributed by atoms with Gasteiger partial charge in [-0.3, -0.25) is 4.79 Å². The lowest BCUT2D eigenvalue weighted by atomic mass is 10.0. The van der Waals surface area contributed by atoms with Crippen LogP contribution in [0.2, 0.25) is 0 Å². The molecular formula is C10H6F2O2. The molecule has 1 aliphatic rings. The zero-order chi connectivity index (χ0) is 10.1. The van der Waals surface area contributed by atoms with Crippen molar-refractivity contribution < 1.29 is 18.3 Å². The van der Waals surface area contributed by atoms with Crippen LogP contribution in [0.1, 0.15) is 12.0 Å². The number of hydrogen-bond donors (Lipinski definition) is 0. The summed E-state index contributed by atoms with van der Waals surface area (Å²) in [7, 11) is 0. The molecule has 0 aromatic heterocycles. The van der Waals surface area contributed by atoms with Gasteiger partial charge in [-0.25, -0.2) is 0 Å². The van der Waals surface area contributed by atoms with Crippen molar-refractivity contribution in [3.05, 3.63) is 35.9 Å². The molecule has 0 radical (unpaired) electrons. The molecule has 14 heavy (non-hydrogen) atoms. The van der Waals surface area contributed by atoms with Crippen LogP contribution in [0.5, 0.6) is 5.75 Å². The summed E-state index contributed by atoms with van der Waals surface area (Å²) in [4.78, 5) is 11.0. The molecule has 2 rings (SSSR count). The number of halogens is 2. The first-order chi connectivity index (χ1) is 6.68. The number of para-hydroxylation sites is 1. The van der Waals surface area contributed by atoms with Gasteiger partial charge in [0.05, 0.1) is 6.42 Å². The summed E-state index contributed by atoms with van der Waals surface area (Å²) in [6.45, 7) is 0. The van der Waals surface area contributed by atoms with E-state index in [9.17, 15) is 13.6 Å². The molecule has 0 bridgehead atoms. The number of rotatable bonds is 0. The van der Waals surface area contributed by atoms with Gasteiger partial charge in [-0.15, -0.1) is 0 Å². The summed E-state index contributed by atoms with van der Waals surface area (Å²) in [6, 6.07) is 6.26. The van der Waals surface area contributed by atoms with Gasteiger partial charge in [-0.05, 0) is 6.07 Å². The average Bonchev–Trinajstić information content (AvgIpc) is 2.16. The van der Waals surface area contributed by atoms with Gasteiger partial charge in [0, 0.05) is 11.1 Å². The van der Waals surface area contributed by atoms with Crippen LogP contribution in [0.25, 0.3) is 5.57 Å². The van der Waals surface area contributed by atoms with E-state index in [2.05, 4.69) is 0 Å². The molecule has 0 amide bonds. The number of benzene rings is 1. The van der Waals surface area contributed by atoms with Crippen molar-refractivity contribution in [1.29, 1.82) is 0 Å². The van der Waals surface area contributed by atoms with Crippen LogP contribution >= 0.6 is 0 Å². The van der Waals surface area contributed by atoms with Gasteiger partial charge in [-0.2, -0.15) is 8.78 Å². The van der Waals surface area contributed by atoms with Crippen molar-refractivity contribution in [3.63, 3.8) is 0 Å². The van der Waals surface area contributed by atoms with Gasteiger partial charge in [0.1, 0.15) is 5.75 Å². The van der Waals surface area contributed by atoms with Crippen LogP contribution in [0.15, 0.2) is 30.3 Å². The van der Waals surface area contributed by atoms with Crippen molar-refractivity contribution in [2.45, 2.75) is 6.42 Å². The summed E-state index contributed by atoms with van der Waals surface area (Å²) in [6.07, 6.45) is -2.19. The second-order valence-corrected chi connectivity index (χ2v) is 2.89. The minimum absolute atomic E-state index is 0.201. The fraction of sp³-hybridized carbons (Fsp3) is 0.100. The molecule has 0 spiro atoms. The number of fused-ring (bicyclic) bond motifs is 1. The van der Waals surface area contributed by atoms with Gasteiger partial charge in [-0.1, -0.05) is 18.2 Å². The highest BCUT2D eigenvalue weighted by Crippen LogP contribution is 2.35. The Morgan fingerprint density at radius 2 is 2.00 bits per heavy atom. The lowest BCUT2D eigenvalue weighted by Crippen LogP contribution is -2.15. The van der Waals surface area contributed by atoms with Gasteiger partial charge < -0.3 is 4.74 Å². The molecule has 0 saturated heterocycles. The van der Waals surface area contributed by atoms with E-state index in [-0.39, 0.29) is 17.7 Å². The quantitative estimate of drug-likeness (QED) is 0.471. The molecule has 0 fully saturated rings. The second kappa shape index (κ2) is 3.21. The van der Waals surface area contributed by atoms with Crippen LogP contribution in [0.4, 0.5) is 8.78 Å². The third kappa shape index (κ3) is 1.39. The van der Waals surface area contributed by atoms with Gasteiger partial charge in [0.15, 0.2) is 0 Å². The topological polar surface area (TPSA) is 26.3 Å². The Hall–Kier alpha value is -1.71. The van der Waals surface area contributed by atoms with Crippen molar-refractivity contribution in [1.82, 2.24) is 0 Å². The summed E-state index contributed by atoms with van der Waals surface area (Å²) in [5.41, 5.74) is 0.0592. The largest absolute Gasteiger partial charge is 0.426 e. The van der Waals surface area contributed by atoms with Gasteiger partial charge >= 0.3 is 5.97 Å². The van der Waals surface area contributed by atoms with Crippen LogP contribution in [-0.2, 0) is 4.79 Å². The van der Waals surface area contributed by atoms with E-state index >= 15 is 0 Å². The molecule has 1 aromatic rings.